The molecule has 2 fully saturated rings. The maximum absolute atomic E-state index is 12.4. The van der Waals surface area contributed by atoms with Crippen LogP contribution in [0.1, 0.15) is 121 Å². The second-order valence-corrected chi connectivity index (χ2v) is 9.12. The van der Waals surface area contributed by atoms with Gasteiger partial charge < -0.3 is 19.7 Å². The zero-order valence-electron chi connectivity index (χ0n) is 17.1. The van der Waals surface area contributed by atoms with Crippen molar-refractivity contribution in [3.05, 3.63) is 45.1 Å². The molecule has 2 atom stereocenters. The second kappa shape index (κ2) is 8.86. The number of benzene rings is 1. The lowest BCUT2D eigenvalue weighted by Gasteiger charge is -2.32. The molecule has 2 aromatic rings. The molecule has 1 aromatic heterocycles. The topological polar surface area (TPSA) is 88.2 Å². The molecular weight excluding hydrogens is 442 g/mol. The highest BCUT2D eigenvalue weighted by atomic mass is 35.5. The van der Waals surface area contributed by atoms with Crippen LogP contribution < -0.4 is 15.1 Å². The number of aryl methyl sites for hydroxylation is 1. The number of anilines is 2. The van der Waals surface area contributed by atoms with Crippen molar-refractivity contribution in [1.29, 1.82) is 0 Å². The highest BCUT2D eigenvalue weighted by molar-refractivity contribution is 7.18. The van der Waals surface area contributed by atoms with E-state index in [9.17, 15) is 14.4 Å². The molecule has 0 saturated carbocycles. The van der Waals surface area contributed by atoms with E-state index < -0.39 is 18.3 Å². The fourth-order valence-corrected chi connectivity index (χ4v) is 4.60. The standard InChI is InChI=1S/C21H22ClN3O5S.69H2/c1-12-9-14(3-4-16(12)24-7-8-29-13(2)20(24)27)25-11-15(30-21(25)28)10-23-19(26)17-5-6-18(22)31-17;;;;;;;;;;;;;;;;;;;;;;;;;;;;;;;;;;;;;;;;;;;;;;;;;;;;;;;;;;;;;;;;;;;;;/h3-6,9,13,15H,7-8,10-11H2,1-2H3,(H,23,26);69*1H/t13?,15-;;;;;;;;;;;;;;;;;;;;;;;;;;;;;;;;;;;;;;;;;;;;;;;;;;;;;;;;;;;;;;;;;;;;;/m0...................................................................../s1. The van der Waals surface area contributed by atoms with E-state index in [1.54, 1.807) is 30.0 Å². The predicted octanol–water partition coefficient (Wildman–Crippen LogP) is 20.2. The van der Waals surface area contributed by atoms with Gasteiger partial charge in [-0.1, -0.05) is 11.6 Å². The highest BCUT2D eigenvalue weighted by Crippen LogP contribution is 2.30. The lowest BCUT2D eigenvalue weighted by Crippen LogP contribution is -2.46. The Balaban J connectivity index is -0.00000000262. The number of thiophene rings is 1. The minimum atomic E-state index is -0.471. The molecule has 10 heteroatoms. The van der Waals surface area contributed by atoms with Crippen molar-refractivity contribution >= 4 is 52.2 Å². The van der Waals surface area contributed by atoms with Gasteiger partial charge in [-0.05, 0) is 49.7 Å². The van der Waals surface area contributed by atoms with Gasteiger partial charge in [0.15, 0.2) is 0 Å². The second-order valence-electron chi connectivity index (χ2n) is 7.40. The SMILES string of the molecule is Cc1cc(N2C[C@H](CNC(=O)c3ccc(Cl)s3)OC2=O)ccc1N1CCOC(C)C1=O.[HH].[HH].[HH].[HH].[HH].[HH].[HH].[HH].[HH].[HH].[HH].[HH].[HH].[HH].[HH].[HH].[HH].[HH].[HH].[HH].[HH].[HH].[HH].[HH].[HH].[HH].[HH].[HH].[HH].[HH].[HH].[HH].[HH].[HH].[HH].[HH].[HH].[HH].[HH].[HH].[HH].[HH].[HH].[HH].[HH].[HH].[HH].[HH].[HH].[HH].[HH].[HH].[HH].[HH].[HH].[HH].[HH].[HH].[HH].[HH].[HH].[HH].[HH].[HH].[HH].[HH].[HH].[HH].[HH]. The fraction of sp³-hybridized carbons (Fsp3) is 0.381. The third-order valence-electron chi connectivity index (χ3n) is 5.24. The van der Waals surface area contributed by atoms with E-state index in [0.29, 0.717) is 34.6 Å². The molecule has 0 aliphatic carbocycles. The van der Waals surface area contributed by atoms with Gasteiger partial charge in [0.05, 0.1) is 28.9 Å². The van der Waals surface area contributed by atoms with E-state index in [1.165, 1.54) is 16.2 Å². The van der Waals surface area contributed by atoms with Crippen LogP contribution in [0.4, 0.5) is 16.2 Å². The fourth-order valence-electron chi connectivity index (χ4n) is 3.64. The molecule has 0 bridgehead atoms. The van der Waals surface area contributed by atoms with E-state index in [1.807, 2.05) is 19.1 Å². The first-order chi connectivity index (χ1) is 14.8. The Morgan fingerprint density at radius 2 is 2.10 bits per heavy atom. The number of nitrogens with zero attached hydrogens (tertiary/aromatic N) is 2. The molecule has 2 saturated heterocycles. The summed E-state index contributed by atoms with van der Waals surface area (Å²) in [4.78, 5) is 40.7. The van der Waals surface area contributed by atoms with Crippen molar-refractivity contribution in [1.82, 2.24) is 5.32 Å². The molecule has 3 amide bonds. The quantitative estimate of drug-likeness (QED) is 0.368. The molecule has 4 rings (SSSR count). The Morgan fingerprint density at radius 3 is 2.81 bits per heavy atom. The smallest absolute Gasteiger partial charge is 0.414 e. The lowest BCUT2D eigenvalue weighted by atomic mass is 10.1. The number of morpholine rings is 1. The van der Waals surface area contributed by atoms with Crippen LogP contribution >= 0.6 is 22.9 Å². The lowest BCUT2D eigenvalue weighted by molar-refractivity contribution is -0.132. The van der Waals surface area contributed by atoms with Gasteiger partial charge in [-0.25, -0.2) is 4.79 Å². The number of nitrogens with one attached hydrogen (secondary N) is 1. The summed E-state index contributed by atoms with van der Waals surface area (Å²) in [6.45, 7) is 5.14. The van der Waals surface area contributed by atoms with Crippen molar-refractivity contribution in [2.24, 2.45) is 0 Å². The molecule has 8 nitrogen and oxygen atoms in total. The first-order valence-corrected chi connectivity index (χ1v) is 11.1. The van der Waals surface area contributed by atoms with Gasteiger partial charge in [-0.3, -0.25) is 14.5 Å². The zero-order valence-corrected chi connectivity index (χ0v) is 18.7. The molecule has 1 unspecified atom stereocenters. The van der Waals surface area contributed by atoms with Crippen LogP contribution in [-0.2, 0) is 14.3 Å². The predicted molar refractivity (Wildman–Crippen MR) is 264 cm³/mol. The summed E-state index contributed by atoms with van der Waals surface area (Å²) < 4.78 is 11.3. The Labute approximate surface area is 291 Å². The van der Waals surface area contributed by atoms with Gasteiger partial charge >= 0.3 is 6.09 Å². The molecule has 2 aliphatic rings. The third kappa shape index (κ3) is 4.53. The number of hydrogen-bond acceptors (Lipinski definition) is 6. The average Bonchev–Trinajstić information content (AvgIpc) is 3.34. The summed E-state index contributed by atoms with van der Waals surface area (Å²) >= 11 is 7.05. The summed E-state index contributed by atoms with van der Waals surface area (Å²) in [6, 6.07) is 8.81. The molecule has 0 spiro atoms. The van der Waals surface area contributed by atoms with E-state index in [4.69, 9.17) is 21.1 Å². The van der Waals surface area contributed by atoms with Gasteiger partial charge in [0, 0.05) is 116 Å². The number of hydrogen-bond donors (Lipinski definition) is 1. The number of carbonyl (C=O) groups excluding carboxylic acids is 3. The number of rotatable bonds is 5. The summed E-state index contributed by atoms with van der Waals surface area (Å²) in [5, 5.41) is 2.77. The Kier molecular flexibility index (Phi) is 6.17. The largest absolute Gasteiger partial charge is 0.442 e. The van der Waals surface area contributed by atoms with Crippen LogP contribution in [0, 0.1) is 6.92 Å². The Bertz CT molecular complexity index is 1120. The van der Waals surface area contributed by atoms with E-state index >= 15 is 0 Å². The third-order valence-corrected chi connectivity index (χ3v) is 6.47. The van der Waals surface area contributed by atoms with Crippen molar-refractivity contribution in [3.8, 4) is 0 Å². The van der Waals surface area contributed by atoms with E-state index in [-0.39, 0.29) is 117 Å². The van der Waals surface area contributed by atoms with Crippen LogP contribution in [0.15, 0.2) is 30.3 Å². The Hall–Kier alpha value is -2.62. The first kappa shape index (κ1) is 21.6. The normalized spacial score (nSPS) is 21.4. The van der Waals surface area contributed by atoms with Crippen LogP contribution in [0.3, 0.4) is 0 Å². The summed E-state index contributed by atoms with van der Waals surface area (Å²) in [5.74, 6) is -0.332. The maximum atomic E-state index is 12.4. The van der Waals surface area contributed by atoms with Crippen molar-refractivity contribution in [2.75, 3.05) is 36.0 Å². The van der Waals surface area contributed by atoms with Gasteiger partial charge in [-0.2, -0.15) is 0 Å². The molecule has 302 valence electrons. The molecule has 2 aliphatic heterocycles. The molecule has 0 radical (unpaired) electrons. The monoisotopic (exact) mass is 602 g/mol. The summed E-state index contributed by atoms with van der Waals surface area (Å²) in [5.41, 5.74) is 2.35. The number of carbonyl (C=O) groups is 3. The number of halogens is 1. The first-order valence-electron chi connectivity index (χ1n) is 9.89. The number of ether oxygens (including phenoxy) is 2. The minimum absolute atomic E-state index is 0. The van der Waals surface area contributed by atoms with Crippen molar-refractivity contribution in [2.45, 2.75) is 26.1 Å². The van der Waals surface area contributed by atoms with Gasteiger partial charge in [0.25, 0.3) is 11.8 Å². The van der Waals surface area contributed by atoms with Crippen LogP contribution in [0.5, 0.6) is 0 Å². The summed E-state index contributed by atoms with van der Waals surface area (Å²) in [7, 11) is 0. The molecule has 1 N–H and O–H groups in total. The van der Waals surface area contributed by atoms with Gasteiger partial charge in [0.1, 0.15) is 12.2 Å². The van der Waals surface area contributed by atoms with E-state index in [2.05, 4.69) is 5.32 Å². The zero-order chi connectivity index (χ0) is 22.1. The molecular formula is C21H160ClN3O5S. The Morgan fingerprint density at radius 1 is 1.29 bits per heavy atom. The van der Waals surface area contributed by atoms with Crippen LogP contribution in [0.25, 0.3) is 0 Å². The van der Waals surface area contributed by atoms with Crippen molar-refractivity contribution < 1.29 is 122 Å². The van der Waals surface area contributed by atoms with Crippen molar-refractivity contribution in [3.63, 3.8) is 0 Å². The number of cyclic esters (lactones) is 1. The molecule has 1 aromatic carbocycles. The minimum Gasteiger partial charge on any atom is -0.442 e. The van der Waals surface area contributed by atoms with Crippen LogP contribution in [0.2, 0.25) is 4.34 Å². The van der Waals surface area contributed by atoms with Gasteiger partial charge in [0.2, 0.25) is 0 Å². The van der Waals surface area contributed by atoms with Crippen LogP contribution in [-0.4, -0.2) is 56.4 Å². The molecule has 31 heavy (non-hydrogen) atoms. The van der Waals surface area contributed by atoms with E-state index in [0.717, 1.165) is 11.3 Å². The summed E-state index contributed by atoms with van der Waals surface area (Å²) in [6.07, 6.45) is -1.40. The highest BCUT2D eigenvalue weighted by Gasteiger charge is 2.33. The molecule has 3 heterocycles. The maximum Gasteiger partial charge on any atom is 0.414 e. The average molecular weight is 603 g/mol. The number of amides is 3. The van der Waals surface area contributed by atoms with Gasteiger partial charge in [-0.15, -0.1) is 11.3 Å².